The van der Waals surface area contributed by atoms with Crippen molar-refractivity contribution in [1.82, 2.24) is 0 Å². The first kappa shape index (κ1) is 11.9. The lowest BCUT2D eigenvalue weighted by atomic mass is 10.1. The first-order valence-corrected chi connectivity index (χ1v) is 5.70. The largest absolute Gasteiger partial charge is 0.452 e. The Balaban J connectivity index is 2.56. The molecule has 1 amide bonds. The Kier molecular flexibility index (Phi) is 3.33. The highest BCUT2D eigenvalue weighted by Gasteiger charge is 2.27. The van der Waals surface area contributed by atoms with Gasteiger partial charge in [-0.25, -0.2) is 4.79 Å². The van der Waals surface area contributed by atoms with Gasteiger partial charge in [-0.2, -0.15) is 0 Å². The molecule has 0 aliphatic carbocycles. The zero-order chi connectivity index (χ0) is 12.4. The Hall–Kier alpha value is -1.55. The Morgan fingerprint density at radius 3 is 2.94 bits per heavy atom. The summed E-state index contributed by atoms with van der Waals surface area (Å²) in [5.41, 5.74) is 0.948. The number of ketones is 1. The van der Waals surface area contributed by atoms with E-state index in [-0.39, 0.29) is 5.78 Å². The summed E-state index contributed by atoms with van der Waals surface area (Å²) in [6.07, 6.45) is 0.536. The molecule has 0 fully saturated rings. The van der Waals surface area contributed by atoms with E-state index in [0.717, 1.165) is 0 Å². The van der Waals surface area contributed by atoms with Crippen molar-refractivity contribution in [2.75, 3.05) is 18.6 Å². The number of Topliss-reactive ketones (excluding diaryl/α,β-unsaturated/α-hetero) is 1. The highest BCUT2D eigenvalue weighted by Crippen LogP contribution is 2.33. The van der Waals surface area contributed by atoms with Gasteiger partial charge in [0.25, 0.3) is 0 Å². The highest BCUT2D eigenvalue weighted by molar-refractivity contribution is 6.35. The maximum Gasteiger partial charge on any atom is 0.414 e. The van der Waals surface area contributed by atoms with Crippen LogP contribution in [0.4, 0.5) is 10.5 Å². The van der Waals surface area contributed by atoms with Gasteiger partial charge in [0.05, 0.1) is 17.8 Å². The molecule has 0 saturated heterocycles. The number of benzene rings is 1. The van der Waals surface area contributed by atoms with Crippen LogP contribution in [0.25, 0.3) is 0 Å². The van der Waals surface area contributed by atoms with Crippen LogP contribution in [0.1, 0.15) is 23.2 Å². The fourth-order valence-electron chi connectivity index (χ4n) is 1.95. The smallest absolute Gasteiger partial charge is 0.414 e. The van der Waals surface area contributed by atoms with E-state index >= 15 is 0 Å². The van der Waals surface area contributed by atoms with Crippen molar-refractivity contribution < 1.29 is 14.3 Å². The van der Waals surface area contributed by atoms with Crippen LogP contribution in [0.2, 0.25) is 5.02 Å². The molecule has 0 atom stereocenters. The lowest BCUT2D eigenvalue weighted by molar-refractivity contribution is 0.0983. The van der Waals surface area contributed by atoms with Gasteiger partial charge in [-0.1, -0.05) is 17.7 Å². The Morgan fingerprint density at radius 1 is 1.47 bits per heavy atom. The van der Waals surface area contributed by atoms with E-state index in [1.54, 1.807) is 18.2 Å². The third kappa shape index (κ3) is 2.13. The number of carbonyl (C=O) groups excluding carboxylic acids is 2. The molecule has 0 unspecified atom stereocenters. The van der Waals surface area contributed by atoms with Crippen molar-refractivity contribution in [2.45, 2.75) is 12.8 Å². The van der Waals surface area contributed by atoms with Gasteiger partial charge in [-0.15, -0.1) is 0 Å². The SMILES string of the molecule is COC(=O)N1CCCC(=O)c2cccc(Cl)c21. The average molecular weight is 254 g/mol. The molecule has 4 nitrogen and oxygen atoms in total. The topological polar surface area (TPSA) is 46.6 Å². The summed E-state index contributed by atoms with van der Waals surface area (Å²) < 4.78 is 4.71. The number of carbonyl (C=O) groups is 2. The quantitative estimate of drug-likeness (QED) is 0.714. The summed E-state index contributed by atoms with van der Waals surface area (Å²) in [5.74, 6) is 0.00824. The minimum Gasteiger partial charge on any atom is -0.452 e. The van der Waals surface area contributed by atoms with Crippen LogP contribution in [0.5, 0.6) is 0 Å². The van der Waals surface area contributed by atoms with Gasteiger partial charge in [0.15, 0.2) is 5.78 Å². The summed E-state index contributed by atoms with van der Waals surface area (Å²) >= 11 is 6.07. The first-order chi connectivity index (χ1) is 8.15. The van der Waals surface area contributed by atoms with Gasteiger partial charge < -0.3 is 4.74 Å². The molecule has 2 rings (SSSR count). The normalized spacial score (nSPS) is 15.2. The number of halogens is 1. The highest BCUT2D eigenvalue weighted by atomic mass is 35.5. The van der Waals surface area contributed by atoms with Crippen LogP contribution in [0, 0.1) is 0 Å². The Morgan fingerprint density at radius 2 is 2.24 bits per heavy atom. The van der Waals surface area contributed by atoms with Crippen LogP contribution < -0.4 is 4.90 Å². The fraction of sp³-hybridized carbons (Fsp3) is 0.333. The van der Waals surface area contributed by atoms with Crippen LogP contribution in [0.15, 0.2) is 18.2 Å². The summed E-state index contributed by atoms with van der Waals surface area (Å²) in [6.45, 7) is 0.440. The van der Waals surface area contributed by atoms with Gasteiger partial charge >= 0.3 is 6.09 Å². The van der Waals surface area contributed by atoms with E-state index in [9.17, 15) is 9.59 Å². The van der Waals surface area contributed by atoms with Crippen molar-refractivity contribution in [3.63, 3.8) is 0 Å². The van der Waals surface area contributed by atoms with E-state index in [0.29, 0.717) is 35.7 Å². The van der Waals surface area contributed by atoms with Crippen molar-refractivity contribution in [1.29, 1.82) is 0 Å². The summed E-state index contributed by atoms with van der Waals surface area (Å²) in [6, 6.07) is 5.06. The standard InChI is InChI=1S/C12H12ClNO3/c1-17-12(16)14-7-3-6-10(15)8-4-2-5-9(13)11(8)14/h2,4-5H,3,6-7H2,1H3. The maximum atomic E-state index is 11.9. The maximum absolute atomic E-state index is 11.9. The monoisotopic (exact) mass is 253 g/mol. The molecular formula is C12H12ClNO3. The van der Waals surface area contributed by atoms with Crippen LogP contribution in [-0.4, -0.2) is 25.5 Å². The number of para-hydroxylation sites is 1. The number of ether oxygens (including phenoxy) is 1. The van der Waals surface area contributed by atoms with E-state index in [2.05, 4.69) is 0 Å². The second-order valence-electron chi connectivity index (χ2n) is 3.78. The van der Waals surface area contributed by atoms with Gasteiger partial charge in [0.1, 0.15) is 0 Å². The van der Waals surface area contributed by atoms with Crippen molar-refractivity contribution in [2.24, 2.45) is 0 Å². The van der Waals surface area contributed by atoms with Crippen molar-refractivity contribution in [3.8, 4) is 0 Å². The molecule has 0 aromatic heterocycles. The fourth-order valence-corrected chi connectivity index (χ4v) is 2.23. The summed E-state index contributed by atoms with van der Waals surface area (Å²) in [7, 11) is 1.31. The van der Waals surface area contributed by atoms with E-state index in [1.807, 2.05) is 0 Å². The van der Waals surface area contributed by atoms with Crippen LogP contribution >= 0.6 is 11.6 Å². The molecule has 1 aliphatic rings. The molecule has 0 saturated carbocycles. The third-order valence-electron chi connectivity index (χ3n) is 2.74. The number of rotatable bonds is 0. The van der Waals surface area contributed by atoms with Gasteiger partial charge in [0.2, 0.25) is 0 Å². The molecule has 0 radical (unpaired) electrons. The number of methoxy groups -OCH3 is 1. The number of hydrogen-bond acceptors (Lipinski definition) is 3. The number of hydrogen-bond donors (Lipinski definition) is 0. The average Bonchev–Trinajstić information content (AvgIpc) is 2.50. The second kappa shape index (κ2) is 4.75. The van der Waals surface area contributed by atoms with E-state index in [1.165, 1.54) is 12.0 Å². The summed E-state index contributed by atoms with van der Waals surface area (Å²) in [5, 5.41) is 0.392. The zero-order valence-corrected chi connectivity index (χ0v) is 10.2. The summed E-state index contributed by atoms with van der Waals surface area (Å²) in [4.78, 5) is 25.0. The first-order valence-electron chi connectivity index (χ1n) is 5.32. The molecule has 1 aromatic rings. The van der Waals surface area contributed by atoms with E-state index in [4.69, 9.17) is 16.3 Å². The van der Waals surface area contributed by atoms with E-state index < -0.39 is 6.09 Å². The Bertz CT molecular complexity index is 473. The molecule has 1 aliphatic heterocycles. The minimum absolute atomic E-state index is 0.00824. The van der Waals surface area contributed by atoms with Crippen molar-refractivity contribution in [3.05, 3.63) is 28.8 Å². The van der Waals surface area contributed by atoms with Crippen molar-refractivity contribution >= 4 is 29.2 Å². The van der Waals surface area contributed by atoms with Gasteiger partial charge in [0, 0.05) is 18.5 Å². The lowest BCUT2D eigenvalue weighted by Gasteiger charge is -2.21. The predicted octanol–water partition coefficient (Wildman–Crippen LogP) is 2.89. The van der Waals surface area contributed by atoms with Gasteiger partial charge in [-0.05, 0) is 18.6 Å². The predicted molar refractivity (Wildman–Crippen MR) is 64.8 cm³/mol. The number of nitrogens with zero attached hydrogens (tertiary/aromatic N) is 1. The molecule has 0 N–H and O–H groups in total. The second-order valence-corrected chi connectivity index (χ2v) is 4.19. The van der Waals surface area contributed by atoms with Gasteiger partial charge in [-0.3, -0.25) is 9.69 Å². The van der Waals surface area contributed by atoms with Crippen LogP contribution in [0.3, 0.4) is 0 Å². The molecule has 1 heterocycles. The minimum atomic E-state index is -0.492. The molecule has 0 bridgehead atoms. The third-order valence-corrected chi connectivity index (χ3v) is 3.04. The lowest BCUT2D eigenvalue weighted by Crippen LogP contribution is -2.31. The molecule has 5 heteroatoms. The Labute approximate surface area is 104 Å². The zero-order valence-electron chi connectivity index (χ0n) is 9.40. The molecule has 1 aromatic carbocycles. The number of amides is 1. The molecule has 90 valence electrons. The van der Waals surface area contributed by atoms with Crippen LogP contribution in [-0.2, 0) is 4.74 Å². The molecule has 0 spiro atoms. The number of anilines is 1. The molecular weight excluding hydrogens is 242 g/mol. The number of fused-ring (bicyclic) bond motifs is 1. The molecule has 17 heavy (non-hydrogen) atoms.